The fraction of sp³-hybridized carbons (Fsp3) is 0.333. The van der Waals surface area contributed by atoms with E-state index >= 15 is 0 Å². The lowest BCUT2D eigenvalue weighted by Crippen LogP contribution is -2.07. The molecule has 1 aromatic heterocycles. The van der Waals surface area contributed by atoms with Crippen molar-refractivity contribution in [3.8, 4) is 0 Å². The minimum absolute atomic E-state index is 0.137. The molecule has 0 fully saturated rings. The highest BCUT2D eigenvalue weighted by atomic mass is 19.4. The van der Waals surface area contributed by atoms with Crippen LogP contribution in [0.25, 0.3) is 0 Å². The van der Waals surface area contributed by atoms with Crippen molar-refractivity contribution in [2.75, 3.05) is 0 Å². The van der Waals surface area contributed by atoms with Crippen LogP contribution in [0.5, 0.6) is 0 Å². The largest absolute Gasteiger partial charge is 0.416 e. The molecule has 1 N–H and O–H groups in total. The first-order valence-corrected chi connectivity index (χ1v) is 5.67. The molecule has 4 nitrogen and oxygen atoms in total. The fourth-order valence-electron chi connectivity index (χ4n) is 1.65. The first kappa shape index (κ1) is 13.5. The van der Waals surface area contributed by atoms with Gasteiger partial charge in [-0.1, -0.05) is 17.3 Å². The van der Waals surface area contributed by atoms with E-state index in [-0.39, 0.29) is 11.3 Å². The molecule has 7 heteroatoms. The van der Waals surface area contributed by atoms with E-state index in [1.165, 1.54) is 23.0 Å². The van der Waals surface area contributed by atoms with E-state index in [0.29, 0.717) is 6.54 Å². The Morgan fingerprint density at radius 3 is 2.68 bits per heavy atom. The quantitative estimate of drug-likeness (QED) is 0.932. The number of benzene rings is 1. The zero-order valence-corrected chi connectivity index (χ0v) is 10.1. The van der Waals surface area contributed by atoms with Crippen molar-refractivity contribution in [3.63, 3.8) is 0 Å². The number of alkyl halides is 3. The van der Waals surface area contributed by atoms with Gasteiger partial charge in [-0.3, -0.25) is 4.68 Å². The van der Waals surface area contributed by atoms with Crippen molar-refractivity contribution in [1.29, 1.82) is 0 Å². The Balaban J connectivity index is 2.31. The molecular weight excluding hydrogens is 259 g/mol. The van der Waals surface area contributed by atoms with Crippen LogP contribution in [0.4, 0.5) is 13.2 Å². The molecule has 19 heavy (non-hydrogen) atoms. The van der Waals surface area contributed by atoms with Gasteiger partial charge in [0, 0.05) is 6.54 Å². The van der Waals surface area contributed by atoms with Gasteiger partial charge in [-0.05, 0) is 24.6 Å². The average molecular weight is 271 g/mol. The van der Waals surface area contributed by atoms with Gasteiger partial charge in [-0.25, -0.2) is 0 Å². The molecular formula is C12H12F3N3O. The van der Waals surface area contributed by atoms with E-state index in [9.17, 15) is 18.3 Å². The van der Waals surface area contributed by atoms with Crippen LogP contribution in [0.1, 0.15) is 29.8 Å². The summed E-state index contributed by atoms with van der Waals surface area (Å²) in [5, 5.41) is 17.5. The summed E-state index contributed by atoms with van der Waals surface area (Å²) in [4.78, 5) is 0. The van der Waals surface area contributed by atoms with Gasteiger partial charge < -0.3 is 5.11 Å². The molecule has 0 radical (unpaired) electrons. The number of halogens is 3. The van der Waals surface area contributed by atoms with Crippen molar-refractivity contribution in [3.05, 3.63) is 47.3 Å². The summed E-state index contributed by atoms with van der Waals surface area (Å²) in [6.07, 6.45) is -4.15. The second kappa shape index (κ2) is 5.00. The zero-order valence-electron chi connectivity index (χ0n) is 10.1. The minimum atomic E-state index is -4.43. The third kappa shape index (κ3) is 2.93. The van der Waals surface area contributed by atoms with Crippen LogP contribution >= 0.6 is 0 Å². The van der Waals surface area contributed by atoms with E-state index in [4.69, 9.17) is 0 Å². The average Bonchev–Trinajstić information content (AvgIpc) is 2.86. The summed E-state index contributed by atoms with van der Waals surface area (Å²) < 4.78 is 39.2. The predicted molar refractivity (Wildman–Crippen MR) is 61.2 cm³/mol. The van der Waals surface area contributed by atoms with Crippen molar-refractivity contribution < 1.29 is 18.3 Å². The summed E-state index contributed by atoms with van der Waals surface area (Å²) in [6, 6.07) is 4.55. The standard InChI is InChI=1S/C12H12F3N3O/c1-2-18-7-10(16-17-18)11(19)8-4-3-5-9(6-8)12(13,14)15/h3-7,11,19H,2H2,1H3. The van der Waals surface area contributed by atoms with Gasteiger partial charge in [-0.2, -0.15) is 13.2 Å². The highest BCUT2D eigenvalue weighted by molar-refractivity contribution is 5.30. The van der Waals surface area contributed by atoms with E-state index in [1.807, 2.05) is 6.92 Å². The van der Waals surface area contributed by atoms with Gasteiger partial charge in [0.25, 0.3) is 0 Å². The summed E-state index contributed by atoms with van der Waals surface area (Å²) in [5.74, 6) is 0. The number of aliphatic hydroxyl groups excluding tert-OH is 1. The van der Waals surface area contributed by atoms with Crippen LogP contribution in [0.2, 0.25) is 0 Å². The maximum Gasteiger partial charge on any atom is 0.416 e. The Labute approximate surface area is 107 Å². The molecule has 2 aromatic rings. The van der Waals surface area contributed by atoms with Crippen LogP contribution in [-0.2, 0) is 12.7 Å². The molecule has 0 spiro atoms. The van der Waals surface area contributed by atoms with Crippen molar-refractivity contribution in [2.45, 2.75) is 25.7 Å². The maximum absolute atomic E-state index is 12.6. The lowest BCUT2D eigenvalue weighted by molar-refractivity contribution is -0.137. The molecule has 0 aliphatic rings. The van der Waals surface area contributed by atoms with Crippen molar-refractivity contribution in [2.24, 2.45) is 0 Å². The second-order valence-corrected chi connectivity index (χ2v) is 4.02. The van der Waals surface area contributed by atoms with Gasteiger partial charge in [0.2, 0.25) is 0 Å². The first-order valence-electron chi connectivity index (χ1n) is 5.67. The molecule has 0 saturated carbocycles. The molecule has 1 unspecified atom stereocenters. The second-order valence-electron chi connectivity index (χ2n) is 4.02. The van der Waals surface area contributed by atoms with E-state index in [0.717, 1.165) is 12.1 Å². The third-order valence-electron chi connectivity index (χ3n) is 2.69. The molecule has 0 amide bonds. The number of hydrogen-bond donors (Lipinski definition) is 1. The maximum atomic E-state index is 12.6. The van der Waals surface area contributed by atoms with Crippen LogP contribution < -0.4 is 0 Å². The highest BCUT2D eigenvalue weighted by Crippen LogP contribution is 2.31. The number of rotatable bonds is 3. The Kier molecular flexibility index (Phi) is 3.57. The molecule has 0 aliphatic heterocycles. The fourth-order valence-corrected chi connectivity index (χ4v) is 1.65. The predicted octanol–water partition coefficient (Wildman–Crippen LogP) is 2.40. The van der Waals surface area contributed by atoms with E-state index in [2.05, 4.69) is 10.3 Å². The topological polar surface area (TPSA) is 50.9 Å². The van der Waals surface area contributed by atoms with Crippen LogP contribution in [0.15, 0.2) is 30.5 Å². The number of aromatic nitrogens is 3. The lowest BCUT2D eigenvalue weighted by Gasteiger charge is -2.11. The number of nitrogens with zero attached hydrogens (tertiary/aromatic N) is 3. The van der Waals surface area contributed by atoms with Gasteiger partial charge in [0.1, 0.15) is 11.8 Å². The number of aliphatic hydroxyl groups is 1. The van der Waals surface area contributed by atoms with Gasteiger partial charge in [-0.15, -0.1) is 5.10 Å². The van der Waals surface area contributed by atoms with Crippen LogP contribution in [-0.4, -0.2) is 20.1 Å². The molecule has 1 aromatic carbocycles. The smallest absolute Gasteiger partial charge is 0.382 e. The first-order chi connectivity index (χ1) is 8.91. The third-order valence-corrected chi connectivity index (χ3v) is 2.69. The molecule has 0 bridgehead atoms. The normalized spacial score (nSPS) is 13.5. The summed E-state index contributed by atoms with van der Waals surface area (Å²) in [5.41, 5.74) is -0.439. The summed E-state index contributed by atoms with van der Waals surface area (Å²) in [7, 11) is 0. The molecule has 1 atom stereocenters. The van der Waals surface area contributed by atoms with E-state index in [1.54, 1.807) is 0 Å². The lowest BCUT2D eigenvalue weighted by atomic mass is 10.0. The zero-order chi connectivity index (χ0) is 14.0. The Morgan fingerprint density at radius 1 is 1.37 bits per heavy atom. The van der Waals surface area contributed by atoms with Crippen LogP contribution in [0.3, 0.4) is 0 Å². The van der Waals surface area contributed by atoms with Crippen molar-refractivity contribution in [1.82, 2.24) is 15.0 Å². The van der Waals surface area contributed by atoms with Gasteiger partial charge in [0.15, 0.2) is 0 Å². The summed E-state index contributed by atoms with van der Waals surface area (Å²) >= 11 is 0. The monoisotopic (exact) mass is 271 g/mol. The highest BCUT2D eigenvalue weighted by Gasteiger charge is 2.31. The Hall–Kier alpha value is -1.89. The molecule has 0 aliphatic carbocycles. The van der Waals surface area contributed by atoms with Gasteiger partial charge >= 0.3 is 6.18 Å². The minimum Gasteiger partial charge on any atom is -0.382 e. The van der Waals surface area contributed by atoms with Gasteiger partial charge in [0.05, 0.1) is 11.8 Å². The Morgan fingerprint density at radius 2 is 2.11 bits per heavy atom. The summed E-state index contributed by atoms with van der Waals surface area (Å²) in [6.45, 7) is 2.41. The molecule has 0 saturated heterocycles. The molecule has 1 heterocycles. The SMILES string of the molecule is CCn1cc(C(O)c2cccc(C(F)(F)F)c2)nn1. The Bertz CT molecular complexity index is 565. The molecule has 2 rings (SSSR count). The number of hydrogen-bond acceptors (Lipinski definition) is 3. The number of aryl methyl sites for hydroxylation is 1. The van der Waals surface area contributed by atoms with Crippen LogP contribution in [0, 0.1) is 0 Å². The molecule has 102 valence electrons. The van der Waals surface area contributed by atoms with E-state index < -0.39 is 17.8 Å². The van der Waals surface area contributed by atoms with Crippen molar-refractivity contribution >= 4 is 0 Å².